The highest BCUT2D eigenvalue weighted by Crippen LogP contribution is 2.26. The van der Waals surface area contributed by atoms with E-state index in [4.69, 9.17) is 9.57 Å². The number of nitrogens with one attached hydrogen (secondary N) is 1. The lowest BCUT2D eigenvalue weighted by atomic mass is 10.0. The van der Waals surface area contributed by atoms with E-state index in [1.807, 2.05) is 36.4 Å². The summed E-state index contributed by atoms with van der Waals surface area (Å²) < 4.78 is 19.1. The van der Waals surface area contributed by atoms with Crippen molar-refractivity contribution in [3.05, 3.63) is 95.3 Å². The highest BCUT2D eigenvalue weighted by molar-refractivity contribution is 6.31. The Bertz CT molecular complexity index is 1310. The number of hydrogen-bond donors (Lipinski definition) is 1. The van der Waals surface area contributed by atoms with Crippen molar-refractivity contribution in [1.29, 1.82) is 0 Å². The molecule has 0 unspecified atom stereocenters. The highest BCUT2D eigenvalue weighted by atomic mass is 19.1. The molecule has 5 rings (SSSR count). The second kappa shape index (κ2) is 8.23. The minimum Gasteiger partial charge on any atom is -0.457 e. The molecule has 0 saturated carbocycles. The fraction of sp³-hybridized carbons (Fsp3) is 0. The molecular weight excluding hydrogens is 413 g/mol. The number of tetrazole rings is 1. The van der Waals surface area contributed by atoms with Gasteiger partial charge in [0.05, 0.1) is 5.57 Å². The van der Waals surface area contributed by atoms with Gasteiger partial charge < -0.3 is 9.57 Å². The molecule has 0 amide bonds. The first-order valence-corrected chi connectivity index (χ1v) is 9.55. The van der Waals surface area contributed by atoms with E-state index in [1.54, 1.807) is 30.3 Å². The van der Waals surface area contributed by atoms with Gasteiger partial charge in [-0.1, -0.05) is 17.3 Å². The van der Waals surface area contributed by atoms with Crippen molar-refractivity contribution >= 4 is 17.8 Å². The summed E-state index contributed by atoms with van der Waals surface area (Å²) in [5.74, 6) is 0.841. The first-order chi connectivity index (χ1) is 15.7. The average Bonchev–Trinajstić information content (AvgIpc) is 3.47. The maximum Gasteiger partial charge on any atom is 0.368 e. The lowest BCUT2D eigenvalue weighted by Gasteiger charge is -2.07. The number of oxime groups is 1. The van der Waals surface area contributed by atoms with Crippen LogP contribution in [0.2, 0.25) is 0 Å². The van der Waals surface area contributed by atoms with Crippen LogP contribution in [0.5, 0.6) is 11.5 Å². The Morgan fingerprint density at radius 3 is 2.19 bits per heavy atom. The molecule has 1 aromatic heterocycles. The number of ether oxygens (including phenoxy) is 1. The molecular formula is C23H14FN5O3. The summed E-state index contributed by atoms with van der Waals surface area (Å²) in [5.41, 5.74) is 2.82. The van der Waals surface area contributed by atoms with Gasteiger partial charge in [-0.15, -0.1) is 10.2 Å². The van der Waals surface area contributed by atoms with Crippen molar-refractivity contribution in [2.75, 3.05) is 0 Å². The normalized spacial score (nSPS) is 14.3. The summed E-state index contributed by atoms with van der Waals surface area (Å²) in [4.78, 5) is 17.0. The van der Waals surface area contributed by atoms with Crippen LogP contribution in [-0.2, 0) is 9.63 Å². The van der Waals surface area contributed by atoms with E-state index in [2.05, 4.69) is 25.8 Å². The lowest BCUT2D eigenvalue weighted by molar-refractivity contribution is -0.136. The van der Waals surface area contributed by atoms with Crippen LogP contribution in [0.4, 0.5) is 4.39 Å². The summed E-state index contributed by atoms with van der Waals surface area (Å²) in [6.45, 7) is 0. The number of aromatic nitrogens is 4. The van der Waals surface area contributed by atoms with E-state index in [1.165, 1.54) is 12.1 Å². The minimum absolute atomic E-state index is 0.294. The maximum atomic E-state index is 13.2. The highest BCUT2D eigenvalue weighted by Gasteiger charge is 2.26. The van der Waals surface area contributed by atoms with Crippen LogP contribution >= 0.6 is 0 Å². The zero-order valence-corrected chi connectivity index (χ0v) is 16.4. The Morgan fingerprint density at radius 2 is 1.53 bits per heavy atom. The summed E-state index contributed by atoms with van der Waals surface area (Å²) in [5, 5.41) is 17.7. The van der Waals surface area contributed by atoms with Crippen molar-refractivity contribution in [2.45, 2.75) is 0 Å². The first kappa shape index (κ1) is 19.3. The summed E-state index contributed by atoms with van der Waals surface area (Å²) in [6.07, 6.45) is 1.67. The predicted octanol–water partition coefficient (Wildman–Crippen LogP) is 4.14. The third-order valence-electron chi connectivity index (χ3n) is 4.70. The number of carbonyl (C=O) groups is 1. The third-order valence-corrected chi connectivity index (χ3v) is 4.70. The number of H-pyrrole nitrogens is 1. The zero-order valence-electron chi connectivity index (χ0n) is 16.4. The number of halogens is 1. The van der Waals surface area contributed by atoms with Crippen LogP contribution in [0, 0.1) is 5.82 Å². The molecule has 2 heterocycles. The zero-order chi connectivity index (χ0) is 21.9. The first-order valence-electron chi connectivity index (χ1n) is 9.55. The van der Waals surface area contributed by atoms with Gasteiger partial charge in [-0.05, 0) is 77.5 Å². The quantitative estimate of drug-likeness (QED) is 0.379. The average molecular weight is 427 g/mol. The smallest absolute Gasteiger partial charge is 0.368 e. The number of aromatic amines is 1. The predicted molar refractivity (Wildman–Crippen MR) is 113 cm³/mol. The van der Waals surface area contributed by atoms with Gasteiger partial charge in [0.1, 0.15) is 23.0 Å². The van der Waals surface area contributed by atoms with Crippen molar-refractivity contribution < 1.29 is 18.8 Å². The molecule has 0 radical (unpaired) electrons. The fourth-order valence-corrected chi connectivity index (χ4v) is 3.12. The van der Waals surface area contributed by atoms with Crippen molar-refractivity contribution in [2.24, 2.45) is 5.16 Å². The third kappa shape index (κ3) is 3.99. The van der Waals surface area contributed by atoms with Crippen LogP contribution in [0.3, 0.4) is 0 Å². The Balaban J connectivity index is 1.32. The Labute approximate surface area is 181 Å². The summed E-state index contributed by atoms with van der Waals surface area (Å²) >= 11 is 0. The molecule has 0 saturated heterocycles. The summed E-state index contributed by atoms with van der Waals surface area (Å²) in [7, 11) is 0. The van der Waals surface area contributed by atoms with Crippen molar-refractivity contribution in [1.82, 2.24) is 20.6 Å². The van der Waals surface area contributed by atoms with E-state index in [0.717, 1.165) is 11.1 Å². The second-order valence-corrected chi connectivity index (χ2v) is 6.81. The molecule has 0 spiro atoms. The van der Waals surface area contributed by atoms with E-state index in [9.17, 15) is 9.18 Å². The Kier molecular flexibility index (Phi) is 4.97. The van der Waals surface area contributed by atoms with Crippen LogP contribution in [0.1, 0.15) is 11.1 Å². The lowest BCUT2D eigenvalue weighted by Crippen LogP contribution is -2.06. The number of benzene rings is 3. The number of nitrogens with zero attached hydrogens (tertiary/aromatic N) is 4. The monoisotopic (exact) mass is 427 g/mol. The SMILES string of the molecule is O=C1ON=C(c2ccc(F)cc2)/C1=C/c1ccc(Oc2ccc(-c3nn[nH]n3)cc2)cc1. The molecule has 4 aromatic rings. The molecule has 9 heteroatoms. The van der Waals surface area contributed by atoms with Crippen LogP contribution in [0.25, 0.3) is 17.5 Å². The van der Waals surface area contributed by atoms with Gasteiger partial charge in [-0.25, -0.2) is 9.18 Å². The van der Waals surface area contributed by atoms with Gasteiger partial charge in [-0.2, -0.15) is 5.21 Å². The van der Waals surface area contributed by atoms with E-state index < -0.39 is 5.97 Å². The standard InChI is InChI=1S/C23H14FN5O3/c24-17-7-3-15(4-8-17)21-20(23(30)32-27-21)13-14-1-9-18(10-2-14)31-19-11-5-16(6-12-19)22-25-28-29-26-22/h1-13H,(H,25,26,28,29)/b20-13-. The molecule has 156 valence electrons. The molecule has 1 aliphatic heterocycles. The molecule has 3 aromatic carbocycles. The van der Waals surface area contributed by atoms with Crippen LogP contribution < -0.4 is 4.74 Å². The number of hydrogen-bond acceptors (Lipinski definition) is 7. The van der Waals surface area contributed by atoms with Crippen LogP contribution in [0.15, 0.2) is 83.5 Å². The Morgan fingerprint density at radius 1 is 0.875 bits per heavy atom. The molecule has 32 heavy (non-hydrogen) atoms. The van der Waals surface area contributed by atoms with E-state index >= 15 is 0 Å². The van der Waals surface area contributed by atoms with Gasteiger partial charge in [0.2, 0.25) is 5.82 Å². The molecule has 1 N–H and O–H groups in total. The largest absolute Gasteiger partial charge is 0.457 e. The minimum atomic E-state index is -0.564. The molecule has 0 atom stereocenters. The molecule has 1 aliphatic rings. The second-order valence-electron chi connectivity index (χ2n) is 6.81. The van der Waals surface area contributed by atoms with E-state index in [-0.39, 0.29) is 5.82 Å². The van der Waals surface area contributed by atoms with Gasteiger partial charge in [0, 0.05) is 11.1 Å². The molecule has 8 nitrogen and oxygen atoms in total. The van der Waals surface area contributed by atoms with Crippen molar-refractivity contribution in [3.8, 4) is 22.9 Å². The summed E-state index contributed by atoms with van der Waals surface area (Å²) in [6, 6.07) is 20.2. The van der Waals surface area contributed by atoms with Gasteiger partial charge in [-0.3, -0.25) is 0 Å². The van der Waals surface area contributed by atoms with Crippen molar-refractivity contribution in [3.63, 3.8) is 0 Å². The number of rotatable bonds is 5. The molecule has 0 fully saturated rings. The fourth-order valence-electron chi connectivity index (χ4n) is 3.12. The van der Waals surface area contributed by atoms with Gasteiger partial charge in [0.25, 0.3) is 0 Å². The molecule has 0 aliphatic carbocycles. The topological polar surface area (TPSA) is 102 Å². The van der Waals surface area contributed by atoms with Crippen LogP contribution in [-0.4, -0.2) is 32.3 Å². The number of carbonyl (C=O) groups excluding carboxylic acids is 1. The van der Waals surface area contributed by atoms with E-state index in [0.29, 0.717) is 34.2 Å². The molecule has 0 bridgehead atoms. The van der Waals surface area contributed by atoms with Gasteiger partial charge >= 0.3 is 5.97 Å². The maximum absolute atomic E-state index is 13.2. The van der Waals surface area contributed by atoms with Gasteiger partial charge in [0.15, 0.2) is 0 Å². The Hall–Kier alpha value is -4.66.